The van der Waals surface area contributed by atoms with Crippen LogP contribution >= 0.6 is 23.2 Å². The minimum Gasteiger partial charge on any atom is -0.508 e. The Morgan fingerprint density at radius 2 is 1.78 bits per heavy atom. The van der Waals surface area contributed by atoms with Crippen LogP contribution in [0, 0.1) is 5.82 Å². The van der Waals surface area contributed by atoms with Gasteiger partial charge in [0.05, 0.1) is 0 Å². The van der Waals surface area contributed by atoms with E-state index < -0.39 is 5.82 Å². The van der Waals surface area contributed by atoms with Crippen LogP contribution in [0.5, 0.6) is 5.75 Å². The van der Waals surface area contributed by atoms with Crippen molar-refractivity contribution in [1.29, 1.82) is 0 Å². The number of phenolic OH excluding ortho intramolecular Hbond substituents is 1. The van der Waals surface area contributed by atoms with Crippen LogP contribution in [0.25, 0.3) is 6.08 Å². The number of hydrogen-bond donors (Lipinski definition) is 1. The van der Waals surface area contributed by atoms with Crippen molar-refractivity contribution in [3.63, 3.8) is 0 Å². The van der Waals surface area contributed by atoms with Crippen LogP contribution in [0.4, 0.5) is 4.39 Å². The topological polar surface area (TPSA) is 20.2 Å². The molecular weight excluding hydrogens is 334 g/mol. The smallest absolute Gasteiger partial charge is 0.133 e. The summed E-state index contributed by atoms with van der Waals surface area (Å²) in [5.41, 5.74) is 2.37. The largest absolute Gasteiger partial charge is 0.508 e. The van der Waals surface area contributed by atoms with Crippen LogP contribution in [-0.2, 0) is 6.42 Å². The third kappa shape index (κ3) is 3.88. The molecule has 4 heteroatoms. The lowest BCUT2D eigenvalue weighted by atomic mass is 9.95. The van der Waals surface area contributed by atoms with Gasteiger partial charge in [-0.1, -0.05) is 55.3 Å². The summed E-state index contributed by atoms with van der Waals surface area (Å²) < 4.78 is 14.7. The van der Waals surface area contributed by atoms with Crippen LogP contribution in [0.3, 0.4) is 0 Å². The Hall–Kier alpha value is -1.51. The normalized spacial score (nSPS) is 11.6. The zero-order valence-corrected chi connectivity index (χ0v) is 14.8. The van der Waals surface area contributed by atoms with Gasteiger partial charge in [0, 0.05) is 22.0 Å². The summed E-state index contributed by atoms with van der Waals surface area (Å²) in [6, 6.07) is 6.71. The Morgan fingerprint density at radius 3 is 2.30 bits per heavy atom. The zero-order valence-electron chi connectivity index (χ0n) is 13.3. The molecule has 0 bridgehead atoms. The van der Waals surface area contributed by atoms with Gasteiger partial charge < -0.3 is 5.11 Å². The Bertz CT molecular complexity index is 728. The van der Waals surface area contributed by atoms with Gasteiger partial charge in [-0.05, 0) is 47.7 Å². The molecule has 2 aromatic carbocycles. The Labute approximate surface area is 146 Å². The van der Waals surface area contributed by atoms with E-state index in [0.29, 0.717) is 26.7 Å². The summed E-state index contributed by atoms with van der Waals surface area (Å²) >= 11 is 12.6. The molecule has 0 saturated heterocycles. The Kier molecular flexibility index (Phi) is 5.72. The zero-order chi connectivity index (χ0) is 17.1. The highest BCUT2D eigenvalue weighted by atomic mass is 35.5. The van der Waals surface area contributed by atoms with Crippen LogP contribution < -0.4 is 0 Å². The SMILES string of the molecule is C/C=C/c1cc(Cl)c(Cc2ccc(O)c(C(C)C)c2F)c(Cl)c1. The first-order valence-corrected chi connectivity index (χ1v) is 8.21. The lowest BCUT2D eigenvalue weighted by Gasteiger charge is -2.15. The molecule has 2 aromatic rings. The molecule has 0 aliphatic heterocycles. The van der Waals surface area contributed by atoms with Gasteiger partial charge in [-0.15, -0.1) is 0 Å². The second kappa shape index (κ2) is 7.37. The summed E-state index contributed by atoms with van der Waals surface area (Å²) in [5, 5.41) is 10.9. The van der Waals surface area contributed by atoms with Crippen molar-refractivity contribution < 1.29 is 9.50 Å². The van der Waals surface area contributed by atoms with Crippen molar-refractivity contribution in [3.8, 4) is 5.75 Å². The van der Waals surface area contributed by atoms with Crippen molar-refractivity contribution in [2.75, 3.05) is 0 Å². The molecule has 0 unspecified atom stereocenters. The fourth-order valence-electron chi connectivity index (χ4n) is 2.58. The summed E-state index contributed by atoms with van der Waals surface area (Å²) in [4.78, 5) is 0. The molecule has 0 aromatic heterocycles. The van der Waals surface area contributed by atoms with E-state index in [0.717, 1.165) is 5.56 Å². The number of aromatic hydroxyl groups is 1. The minimum absolute atomic E-state index is 0.0260. The molecule has 0 aliphatic carbocycles. The van der Waals surface area contributed by atoms with Crippen molar-refractivity contribution in [2.45, 2.75) is 33.1 Å². The van der Waals surface area contributed by atoms with Gasteiger partial charge in [-0.3, -0.25) is 0 Å². The predicted molar refractivity (Wildman–Crippen MR) is 96.1 cm³/mol. The molecule has 0 aliphatic rings. The maximum absolute atomic E-state index is 14.7. The van der Waals surface area contributed by atoms with Crippen LogP contribution in [-0.4, -0.2) is 5.11 Å². The van der Waals surface area contributed by atoms with Gasteiger partial charge in [0.25, 0.3) is 0 Å². The third-order valence-electron chi connectivity index (χ3n) is 3.70. The number of hydrogen-bond acceptors (Lipinski definition) is 1. The average Bonchev–Trinajstić information content (AvgIpc) is 2.45. The molecular formula is C19H19Cl2FO. The number of allylic oxidation sites excluding steroid dienone is 1. The molecule has 2 rings (SSSR count). The standard InChI is InChI=1S/C19H19Cl2FO/c1-4-5-12-8-15(20)14(16(21)9-12)10-13-6-7-17(23)18(11(2)3)19(13)22/h4-9,11,23H,10H2,1-3H3/b5-4+. The molecule has 0 spiro atoms. The van der Waals surface area contributed by atoms with E-state index in [2.05, 4.69) is 0 Å². The van der Waals surface area contributed by atoms with E-state index >= 15 is 0 Å². The summed E-state index contributed by atoms with van der Waals surface area (Å²) in [6.07, 6.45) is 4.08. The first kappa shape index (κ1) is 17.8. The fourth-order valence-corrected chi connectivity index (χ4v) is 3.22. The minimum atomic E-state index is -0.398. The van der Waals surface area contributed by atoms with Gasteiger partial charge in [0.2, 0.25) is 0 Å². The quantitative estimate of drug-likeness (QED) is 0.658. The highest BCUT2D eigenvalue weighted by Crippen LogP contribution is 2.34. The van der Waals surface area contributed by atoms with Crippen molar-refractivity contribution in [1.82, 2.24) is 0 Å². The van der Waals surface area contributed by atoms with Gasteiger partial charge in [0.1, 0.15) is 11.6 Å². The Balaban J connectivity index is 2.46. The van der Waals surface area contributed by atoms with E-state index in [1.165, 1.54) is 6.07 Å². The molecule has 0 saturated carbocycles. The van der Waals surface area contributed by atoms with E-state index in [9.17, 15) is 9.50 Å². The third-order valence-corrected chi connectivity index (χ3v) is 4.38. The van der Waals surface area contributed by atoms with E-state index in [1.807, 2.05) is 45.1 Å². The molecule has 122 valence electrons. The first-order valence-electron chi connectivity index (χ1n) is 7.46. The fraction of sp³-hybridized carbons (Fsp3) is 0.263. The molecule has 0 radical (unpaired) electrons. The van der Waals surface area contributed by atoms with Gasteiger partial charge in [-0.25, -0.2) is 4.39 Å². The van der Waals surface area contributed by atoms with Crippen molar-refractivity contribution in [2.24, 2.45) is 0 Å². The highest BCUT2D eigenvalue weighted by Gasteiger charge is 2.18. The lowest BCUT2D eigenvalue weighted by Crippen LogP contribution is -2.01. The number of rotatable bonds is 4. The lowest BCUT2D eigenvalue weighted by molar-refractivity contribution is 0.452. The van der Waals surface area contributed by atoms with Crippen LogP contribution in [0.1, 0.15) is 48.9 Å². The maximum Gasteiger partial charge on any atom is 0.133 e. The molecule has 1 N–H and O–H groups in total. The summed E-state index contributed by atoms with van der Waals surface area (Å²) in [5.74, 6) is -0.538. The summed E-state index contributed by atoms with van der Waals surface area (Å²) in [6.45, 7) is 5.59. The number of halogens is 3. The average molecular weight is 353 g/mol. The molecule has 0 amide bonds. The van der Waals surface area contributed by atoms with Gasteiger partial charge in [-0.2, -0.15) is 0 Å². The van der Waals surface area contributed by atoms with Crippen LogP contribution in [0.2, 0.25) is 10.0 Å². The second-order valence-electron chi connectivity index (χ2n) is 5.77. The Morgan fingerprint density at radius 1 is 1.17 bits per heavy atom. The van der Waals surface area contributed by atoms with Gasteiger partial charge in [0.15, 0.2) is 0 Å². The van der Waals surface area contributed by atoms with Gasteiger partial charge >= 0.3 is 0 Å². The molecule has 23 heavy (non-hydrogen) atoms. The summed E-state index contributed by atoms with van der Waals surface area (Å²) in [7, 11) is 0. The number of phenols is 1. The first-order chi connectivity index (χ1) is 10.8. The van der Waals surface area contributed by atoms with Crippen molar-refractivity contribution >= 4 is 29.3 Å². The molecule has 0 fully saturated rings. The second-order valence-corrected chi connectivity index (χ2v) is 6.58. The monoisotopic (exact) mass is 352 g/mol. The van der Waals surface area contributed by atoms with E-state index in [1.54, 1.807) is 6.07 Å². The number of benzene rings is 2. The maximum atomic E-state index is 14.7. The van der Waals surface area contributed by atoms with Crippen molar-refractivity contribution in [3.05, 3.63) is 68.5 Å². The molecule has 0 heterocycles. The predicted octanol–water partition coefficient (Wildman–Crippen LogP) is 6.59. The highest BCUT2D eigenvalue weighted by molar-refractivity contribution is 6.36. The van der Waals surface area contributed by atoms with E-state index in [4.69, 9.17) is 23.2 Å². The molecule has 1 nitrogen and oxygen atoms in total. The van der Waals surface area contributed by atoms with E-state index in [-0.39, 0.29) is 18.1 Å². The van der Waals surface area contributed by atoms with Crippen LogP contribution in [0.15, 0.2) is 30.3 Å². The molecule has 0 atom stereocenters.